The van der Waals surface area contributed by atoms with Crippen LogP contribution in [0.25, 0.3) is 0 Å². The summed E-state index contributed by atoms with van der Waals surface area (Å²) in [5, 5.41) is 9.12. The summed E-state index contributed by atoms with van der Waals surface area (Å²) >= 11 is 1.62. The zero-order chi connectivity index (χ0) is 21.6. The summed E-state index contributed by atoms with van der Waals surface area (Å²) in [4.78, 5) is 13.1. The number of nitrogens with one attached hydrogen (secondary N) is 1. The number of hydrogen-bond acceptors (Lipinski definition) is 2. The predicted molar refractivity (Wildman–Crippen MR) is 134 cm³/mol. The number of amides is 1. The van der Waals surface area contributed by atoms with Crippen LogP contribution in [0.2, 0.25) is 0 Å². The van der Waals surface area contributed by atoms with Gasteiger partial charge in [-0.1, -0.05) is 75.4 Å². The maximum atomic E-state index is 13.1. The topological polar surface area (TPSA) is 29.1 Å². The Balaban J connectivity index is 2.38. The molecule has 0 spiro atoms. The van der Waals surface area contributed by atoms with E-state index in [4.69, 9.17) is 0 Å². The first-order valence-corrected chi connectivity index (χ1v) is 13.1. The van der Waals surface area contributed by atoms with E-state index in [0.717, 1.165) is 5.44 Å². The molecule has 0 bridgehead atoms. The highest BCUT2D eigenvalue weighted by molar-refractivity contribution is 8.03. The van der Waals surface area contributed by atoms with Gasteiger partial charge in [-0.3, -0.25) is 10.1 Å². The summed E-state index contributed by atoms with van der Waals surface area (Å²) < 4.78 is 0. The number of carbonyl (C=O) groups is 1. The largest absolute Gasteiger partial charge is 0.295 e. The summed E-state index contributed by atoms with van der Waals surface area (Å²) in [6.07, 6.45) is 2.04. The molecule has 4 heteroatoms. The van der Waals surface area contributed by atoms with Crippen LogP contribution in [0.1, 0.15) is 20.8 Å². The van der Waals surface area contributed by atoms with Crippen LogP contribution in [0.3, 0.4) is 0 Å². The number of thioether (sulfide) groups is 1. The van der Waals surface area contributed by atoms with Gasteiger partial charge in [0.05, 0.1) is 0 Å². The van der Waals surface area contributed by atoms with Crippen LogP contribution < -0.4 is 21.2 Å². The molecule has 2 nitrogen and oxygen atoms in total. The molecule has 0 atom stereocenters. The van der Waals surface area contributed by atoms with Crippen LogP contribution in [0.5, 0.6) is 0 Å². The first-order chi connectivity index (χ1) is 14.4. The highest BCUT2D eigenvalue weighted by Gasteiger charge is 2.51. The molecule has 30 heavy (non-hydrogen) atoms. The van der Waals surface area contributed by atoms with Gasteiger partial charge >= 0.3 is 0 Å². The van der Waals surface area contributed by atoms with Gasteiger partial charge in [0.2, 0.25) is 5.91 Å². The molecule has 0 fully saturated rings. The smallest absolute Gasteiger partial charge is 0.232 e. The summed E-state index contributed by atoms with van der Waals surface area (Å²) in [7, 11) is -2.30. The molecule has 3 rings (SSSR count). The number of benzene rings is 3. The maximum absolute atomic E-state index is 13.1. The molecule has 3 aromatic rings. The second-order valence-corrected chi connectivity index (χ2v) is 12.2. The van der Waals surface area contributed by atoms with E-state index in [1.807, 2.05) is 45.2 Å². The van der Waals surface area contributed by atoms with Crippen molar-refractivity contribution in [2.45, 2.75) is 20.8 Å². The standard InChI is InChI=1S/C26H28NOPS/c1-26(2,3)25(28)27-24(20-30-4)29(21-14-8-5-9-15-21,22-16-10-6-11-17-22)23-18-12-7-13-19-23/h5-20H,1-4H3/p+1/b24-20+. The second kappa shape index (κ2) is 9.64. The molecule has 1 amide bonds. The van der Waals surface area contributed by atoms with Crippen LogP contribution in [0.4, 0.5) is 0 Å². The number of carbonyl (C=O) groups excluding carboxylic acids is 1. The van der Waals surface area contributed by atoms with Crippen molar-refractivity contribution in [3.8, 4) is 0 Å². The quantitative estimate of drug-likeness (QED) is 0.533. The fourth-order valence-electron chi connectivity index (χ4n) is 3.43. The first kappa shape index (κ1) is 22.3. The van der Waals surface area contributed by atoms with Crippen molar-refractivity contribution >= 4 is 40.8 Å². The third-order valence-corrected chi connectivity index (χ3v) is 9.77. The van der Waals surface area contributed by atoms with Gasteiger partial charge in [-0.25, -0.2) is 0 Å². The highest BCUT2D eigenvalue weighted by Crippen LogP contribution is 2.61. The molecule has 3 aromatic carbocycles. The molecule has 1 N–H and O–H groups in total. The van der Waals surface area contributed by atoms with E-state index in [1.54, 1.807) is 11.8 Å². The van der Waals surface area contributed by atoms with Crippen molar-refractivity contribution in [3.05, 3.63) is 102 Å². The molecule has 0 radical (unpaired) electrons. The molecule has 0 aliphatic rings. The molecule has 0 saturated carbocycles. The number of hydrogen-bond donors (Lipinski definition) is 1. The van der Waals surface area contributed by atoms with Gasteiger partial charge < -0.3 is 0 Å². The predicted octanol–water partition coefficient (Wildman–Crippen LogP) is 5.30. The van der Waals surface area contributed by atoms with Crippen molar-refractivity contribution in [2.75, 3.05) is 6.26 Å². The monoisotopic (exact) mass is 434 g/mol. The van der Waals surface area contributed by atoms with Gasteiger partial charge in [0.25, 0.3) is 0 Å². The summed E-state index contributed by atoms with van der Waals surface area (Å²) in [5.74, 6) is 0.0231. The summed E-state index contributed by atoms with van der Waals surface area (Å²) in [5.41, 5.74) is 0.482. The summed E-state index contributed by atoms with van der Waals surface area (Å²) in [6, 6.07) is 31.7. The van der Waals surface area contributed by atoms with Gasteiger partial charge in [-0.15, -0.1) is 11.8 Å². The molecule has 0 aliphatic carbocycles. The zero-order valence-corrected chi connectivity index (χ0v) is 19.7. The van der Waals surface area contributed by atoms with Gasteiger partial charge in [0, 0.05) is 10.8 Å². The molecule has 0 unspecified atom stereocenters. The molecular formula is C26H29NOPS+. The lowest BCUT2D eigenvalue weighted by Crippen LogP contribution is -2.41. The first-order valence-electron chi connectivity index (χ1n) is 10.0. The zero-order valence-electron chi connectivity index (χ0n) is 18.0. The van der Waals surface area contributed by atoms with E-state index in [2.05, 4.69) is 83.5 Å². The maximum Gasteiger partial charge on any atom is 0.232 e. The Labute approximate surface area is 185 Å². The minimum absolute atomic E-state index is 0.0231. The van der Waals surface area contributed by atoms with Gasteiger partial charge in [-0.2, -0.15) is 0 Å². The van der Waals surface area contributed by atoms with Crippen molar-refractivity contribution in [1.82, 2.24) is 5.32 Å². The van der Waals surface area contributed by atoms with Gasteiger partial charge in [0.1, 0.15) is 15.9 Å². The van der Waals surface area contributed by atoms with E-state index in [9.17, 15) is 4.79 Å². The normalized spacial score (nSPS) is 12.5. The molecule has 0 aliphatic heterocycles. The number of rotatable bonds is 6. The minimum atomic E-state index is -2.30. The lowest BCUT2D eigenvalue weighted by molar-refractivity contribution is -0.127. The van der Waals surface area contributed by atoms with Crippen LogP contribution in [0, 0.1) is 5.41 Å². The average molecular weight is 435 g/mol. The fourth-order valence-corrected chi connectivity index (χ4v) is 8.51. The van der Waals surface area contributed by atoms with Crippen LogP contribution in [-0.2, 0) is 4.79 Å². The van der Waals surface area contributed by atoms with E-state index < -0.39 is 12.7 Å². The fraction of sp³-hybridized carbons (Fsp3) is 0.192. The van der Waals surface area contributed by atoms with E-state index in [0.29, 0.717) is 0 Å². The minimum Gasteiger partial charge on any atom is -0.295 e. The third-order valence-electron chi connectivity index (χ3n) is 4.94. The van der Waals surface area contributed by atoms with Gasteiger partial charge in [-0.05, 0) is 42.7 Å². The molecule has 0 heterocycles. The third kappa shape index (κ3) is 4.53. The van der Waals surface area contributed by atoms with Crippen molar-refractivity contribution < 1.29 is 4.79 Å². The Morgan fingerprint density at radius 3 is 1.43 bits per heavy atom. The van der Waals surface area contributed by atoms with E-state index >= 15 is 0 Å². The van der Waals surface area contributed by atoms with Crippen LogP contribution in [-0.4, -0.2) is 12.2 Å². The summed E-state index contributed by atoms with van der Waals surface area (Å²) in [6.45, 7) is 5.85. The Hall–Kier alpha value is -2.35. The lowest BCUT2D eigenvalue weighted by Gasteiger charge is -2.30. The Morgan fingerprint density at radius 1 is 0.767 bits per heavy atom. The van der Waals surface area contributed by atoms with Gasteiger partial charge in [0.15, 0.2) is 12.7 Å². The SMILES string of the molecule is CS/C=C(\NC(=O)C(C)(C)C)[P+](c1ccccc1)(c1ccccc1)c1ccccc1. The Kier molecular flexibility index (Phi) is 7.18. The molecule has 0 aromatic heterocycles. The molecule has 0 saturated heterocycles. The molecule has 154 valence electrons. The highest BCUT2D eigenvalue weighted by atomic mass is 32.2. The second-order valence-electron chi connectivity index (χ2n) is 8.12. The Bertz CT molecular complexity index is 899. The molecular weight excluding hydrogens is 405 g/mol. The van der Waals surface area contributed by atoms with Crippen molar-refractivity contribution in [2.24, 2.45) is 5.41 Å². The van der Waals surface area contributed by atoms with Crippen LogP contribution in [0.15, 0.2) is 102 Å². The van der Waals surface area contributed by atoms with E-state index in [-0.39, 0.29) is 5.91 Å². The Morgan fingerprint density at radius 2 is 1.13 bits per heavy atom. The van der Waals surface area contributed by atoms with Crippen LogP contribution >= 0.6 is 19.0 Å². The lowest BCUT2D eigenvalue weighted by atomic mass is 9.96. The average Bonchev–Trinajstić information content (AvgIpc) is 2.76. The van der Waals surface area contributed by atoms with Crippen molar-refractivity contribution in [1.29, 1.82) is 0 Å². The van der Waals surface area contributed by atoms with E-state index in [1.165, 1.54) is 15.9 Å². The van der Waals surface area contributed by atoms with Crippen molar-refractivity contribution in [3.63, 3.8) is 0 Å².